The molecule has 4 nitrogen and oxygen atoms in total. The summed E-state index contributed by atoms with van der Waals surface area (Å²) in [7, 11) is 0. The third-order valence-electron chi connectivity index (χ3n) is 3.77. The van der Waals surface area contributed by atoms with E-state index in [1.807, 2.05) is 13.8 Å². The van der Waals surface area contributed by atoms with Crippen LogP contribution in [0.1, 0.15) is 53.9 Å². The fraction of sp³-hybridized carbons (Fsp3) is 0.929. The van der Waals surface area contributed by atoms with Gasteiger partial charge in [-0.2, -0.15) is 0 Å². The summed E-state index contributed by atoms with van der Waals surface area (Å²) in [5, 5.41) is 0. The molecule has 0 spiro atoms. The van der Waals surface area contributed by atoms with Crippen LogP contribution in [0.15, 0.2) is 0 Å². The molecule has 1 amide bonds. The van der Waals surface area contributed by atoms with Gasteiger partial charge in [0.1, 0.15) is 0 Å². The molecular weight excluding hydrogens is 228 g/mol. The average Bonchev–Trinajstić information content (AvgIpc) is 2.22. The summed E-state index contributed by atoms with van der Waals surface area (Å²) in [6, 6.07) is 0. The minimum atomic E-state index is -0.570. The number of hydrogen-bond donors (Lipinski definition) is 2. The van der Waals surface area contributed by atoms with Crippen molar-refractivity contribution in [2.75, 3.05) is 6.61 Å². The zero-order valence-corrected chi connectivity index (χ0v) is 12.4. The first-order chi connectivity index (χ1) is 8.16. The molecular formula is C14H28N2O2. The van der Waals surface area contributed by atoms with Crippen LogP contribution in [0.5, 0.6) is 0 Å². The Morgan fingerprint density at radius 3 is 2.56 bits per heavy atom. The Labute approximate surface area is 111 Å². The molecule has 4 heteroatoms. The number of rotatable bonds is 4. The van der Waals surface area contributed by atoms with Crippen molar-refractivity contribution in [3.05, 3.63) is 0 Å². The third-order valence-corrected chi connectivity index (χ3v) is 3.77. The average molecular weight is 256 g/mol. The molecule has 106 valence electrons. The van der Waals surface area contributed by atoms with E-state index in [9.17, 15) is 4.79 Å². The maximum Gasteiger partial charge on any atom is 0.241 e. The molecule has 1 rings (SSSR count). The van der Waals surface area contributed by atoms with Crippen molar-refractivity contribution in [3.63, 3.8) is 0 Å². The topological polar surface area (TPSA) is 64.3 Å². The lowest BCUT2D eigenvalue weighted by Crippen LogP contribution is -2.44. The van der Waals surface area contributed by atoms with E-state index in [2.05, 4.69) is 26.2 Å². The van der Waals surface area contributed by atoms with Crippen molar-refractivity contribution in [3.8, 4) is 0 Å². The zero-order valence-electron chi connectivity index (χ0n) is 12.4. The molecule has 2 atom stereocenters. The molecule has 1 aliphatic carbocycles. The Hall–Kier alpha value is -0.610. The highest BCUT2D eigenvalue weighted by molar-refractivity contribution is 5.81. The summed E-state index contributed by atoms with van der Waals surface area (Å²) in [4.78, 5) is 11.6. The van der Waals surface area contributed by atoms with Gasteiger partial charge in [0.15, 0.2) is 0 Å². The normalized spacial score (nSPS) is 27.9. The van der Waals surface area contributed by atoms with Gasteiger partial charge in [-0.05, 0) is 44.4 Å². The van der Waals surface area contributed by atoms with Gasteiger partial charge in [0, 0.05) is 0 Å². The van der Waals surface area contributed by atoms with Crippen molar-refractivity contribution >= 4 is 5.91 Å². The van der Waals surface area contributed by atoms with Gasteiger partial charge in [0.05, 0.1) is 18.1 Å². The van der Waals surface area contributed by atoms with Crippen LogP contribution in [0.3, 0.4) is 0 Å². The van der Waals surface area contributed by atoms with Gasteiger partial charge in [-0.15, -0.1) is 0 Å². The van der Waals surface area contributed by atoms with Crippen LogP contribution < -0.4 is 11.3 Å². The molecule has 0 aromatic carbocycles. The van der Waals surface area contributed by atoms with Crippen LogP contribution >= 0.6 is 0 Å². The number of nitrogens with two attached hydrogens (primary N) is 1. The quantitative estimate of drug-likeness (QED) is 0.460. The number of amides is 1. The van der Waals surface area contributed by atoms with E-state index < -0.39 is 5.41 Å². The SMILES string of the molecule is CC1CC(OCC(C)(C)C(=O)NN)CC(C)(C)C1. The number of hydrogen-bond acceptors (Lipinski definition) is 3. The van der Waals surface area contributed by atoms with Crippen molar-refractivity contribution < 1.29 is 9.53 Å². The summed E-state index contributed by atoms with van der Waals surface area (Å²) >= 11 is 0. The Kier molecular flexibility index (Phi) is 4.78. The van der Waals surface area contributed by atoms with Gasteiger partial charge >= 0.3 is 0 Å². The largest absolute Gasteiger partial charge is 0.377 e. The van der Waals surface area contributed by atoms with Gasteiger partial charge < -0.3 is 4.74 Å². The van der Waals surface area contributed by atoms with E-state index in [-0.39, 0.29) is 12.0 Å². The van der Waals surface area contributed by atoms with Crippen LogP contribution in [0.4, 0.5) is 0 Å². The maximum atomic E-state index is 11.6. The molecule has 0 aromatic rings. The maximum absolute atomic E-state index is 11.6. The van der Waals surface area contributed by atoms with Crippen molar-refractivity contribution in [2.45, 2.75) is 60.0 Å². The second-order valence-corrected chi connectivity index (χ2v) is 7.20. The molecule has 3 N–H and O–H groups in total. The summed E-state index contributed by atoms with van der Waals surface area (Å²) in [6.45, 7) is 11.0. The number of ether oxygens (including phenoxy) is 1. The minimum Gasteiger partial charge on any atom is -0.377 e. The fourth-order valence-electron chi connectivity index (χ4n) is 2.97. The Morgan fingerprint density at radius 2 is 2.06 bits per heavy atom. The number of nitrogens with one attached hydrogen (secondary N) is 1. The van der Waals surface area contributed by atoms with Crippen molar-refractivity contribution in [1.82, 2.24) is 5.43 Å². The summed E-state index contributed by atoms with van der Waals surface area (Å²) in [5.74, 6) is 5.69. The molecule has 1 fully saturated rings. The third kappa shape index (κ3) is 4.25. The monoisotopic (exact) mass is 256 g/mol. The summed E-state index contributed by atoms with van der Waals surface area (Å²) < 4.78 is 5.96. The first-order valence-corrected chi connectivity index (χ1v) is 6.79. The molecule has 2 unspecified atom stereocenters. The molecule has 18 heavy (non-hydrogen) atoms. The fourth-order valence-corrected chi connectivity index (χ4v) is 2.97. The number of carbonyl (C=O) groups excluding carboxylic acids is 1. The Balaban J connectivity index is 2.50. The van der Waals surface area contributed by atoms with Gasteiger partial charge in [-0.1, -0.05) is 20.8 Å². The summed E-state index contributed by atoms with van der Waals surface area (Å²) in [5.41, 5.74) is 1.97. The molecule has 0 saturated heterocycles. The first-order valence-electron chi connectivity index (χ1n) is 6.79. The van der Waals surface area contributed by atoms with E-state index in [0.717, 1.165) is 12.8 Å². The standard InChI is InChI=1S/C14H28N2O2/c1-10-6-11(8-13(2,3)7-10)18-9-14(4,5)12(17)16-15/h10-11H,6-9,15H2,1-5H3,(H,16,17). The van der Waals surface area contributed by atoms with Crippen LogP contribution in [-0.2, 0) is 9.53 Å². The van der Waals surface area contributed by atoms with Crippen LogP contribution in [-0.4, -0.2) is 18.6 Å². The summed E-state index contributed by atoms with van der Waals surface area (Å²) in [6.07, 6.45) is 3.66. The molecule has 0 bridgehead atoms. The second-order valence-electron chi connectivity index (χ2n) is 7.20. The molecule has 0 aromatic heterocycles. The Morgan fingerprint density at radius 1 is 1.44 bits per heavy atom. The van der Waals surface area contributed by atoms with Crippen molar-refractivity contribution in [2.24, 2.45) is 22.6 Å². The lowest BCUT2D eigenvalue weighted by atomic mass is 9.71. The second kappa shape index (κ2) is 5.57. The van der Waals surface area contributed by atoms with Crippen LogP contribution in [0.25, 0.3) is 0 Å². The van der Waals surface area contributed by atoms with E-state index in [0.29, 0.717) is 17.9 Å². The highest BCUT2D eigenvalue weighted by Gasteiger charge is 2.35. The predicted molar refractivity (Wildman–Crippen MR) is 72.6 cm³/mol. The smallest absolute Gasteiger partial charge is 0.241 e. The molecule has 1 saturated carbocycles. The van der Waals surface area contributed by atoms with E-state index in [4.69, 9.17) is 10.6 Å². The zero-order chi connectivity index (χ0) is 14.0. The molecule has 0 aliphatic heterocycles. The van der Waals surface area contributed by atoms with E-state index >= 15 is 0 Å². The van der Waals surface area contributed by atoms with E-state index in [1.165, 1.54) is 6.42 Å². The highest BCUT2D eigenvalue weighted by atomic mass is 16.5. The number of hydrazine groups is 1. The minimum absolute atomic E-state index is 0.175. The predicted octanol–water partition coefficient (Wildman–Crippen LogP) is 2.23. The van der Waals surface area contributed by atoms with Gasteiger partial charge in [-0.3, -0.25) is 10.2 Å². The number of carbonyl (C=O) groups is 1. The highest BCUT2D eigenvalue weighted by Crippen LogP contribution is 2.40. The van der Waals surface area contributed by atoms with Gasteiger partial charge in [-0.25, -0.2) is 5.84 Å². The molecule has 1 aliphatic rings. The lowest BCUT2D eigenvalue weighted by Gasteiger charge is -2.39. The Bertz CT molecular complexity index is 300. The van der Waals surface area contributed by atoms with E-state index in [1.54, 1.807) is 0 Å². The van der Waals surface area contributed by atoms with Crippen LogP contribution in [0.2, 0.25) is 0 Å². The first kappa shape index (κ1) is 15.4. The van der Waals surface area contributed by atoms with Gasteiger partial charge in [0.25, 0.3) is 0 Å². The molecule has 0 heterocycles. The lowest BCUT2D eigenvalue weighted by molar-refractivity contribution is -0.135. The van der Waals surface area contributed by atoms with Crippen LogP contribution in [0, 0.1) is 16.7 Å². The van der Waals surface area contributed by atoms with Gasteiger partial charge in [0.2, 0.25) is 5.91 Å². The molecule has 0 radical (unpaired) electrons. The van der Waals surface area contributed by atoms with Crippen molar-refractivity contribution in [1.29, 1.82) is 0 Å².